The smallest absolute Gasteiger partial charge is 0.0783 e. The van der Waals surface area contributed by atoms with Crippen molar-refractivity contribution in [3.05, 3.63) is 191 Å². The lowest BCUT2D eigenvalue weighted by Gasteiger charge is -2.26. The van der Waals surface area contributed by atoms with Gasteiger partial charge in [-0.15, -0.1) is 0 Å². The molecule has 13 rings (SSSR count). The van der Waals surface area contributed by atoms with Crippen LogP contribution in [0, 0.1) is 11.8 Å². The van der Waals surface area contributed by atoms with Crippen LogP contribution in [-0.4, -0.2) is 14.8 Å². The maximum atomic E-state index is 5.06. The zero-order chi connectivity index (χ0) is 38.2. The summed E-state index contributed by atoms with van der Waals surface area (Å²) < 4.78 is 2.59. The third-order valence-electron chi connectivity index (χ3n) is 14.1. The fraction of sp³-hybridized carbons (Fsp3) is 0.164. The van der Waals surface area contributed by atoms with Crippen molar-refractivity contribution in [1.82, 2.24) is 14.8 Å². The molecule has 0 amide bonds. The van der Waals surface area contributed by atoms with Crippen molar-refractivity contribution in [3.63, 3.8) is 0 Å². The minimum absolute atomic E-state index is 0.0975. The molecule has 6 aromatic carbocycles. The molecular formula is C55H41N3. The molecule has 0 aliphatic heterocycles. The normalized spacial score (nSPS) is 22.8. The molecule has 2 heterocycles. The van der Waals surface area contributed by atoms with E-state index in [4.69, 9.17) is 10.2 Å². The highest BCUT2D eigenvalue weighted by Crippen LogP contribution is 2.62. The minimum Gasteiger partial charge on any atom is -0.309 e. The molecular weight excluding hydrogens is 703 g/mol. The quantitative estimate of drug-likeness (QED) is 0.180. The van der Waals surface area contributed by atoms with Crippen molar-refractivity contribution in [3.8, 4) is 11.1 Å². The van der Waals surface area contributed by atoms with Crippen LogP contribution in [0.2, 0.25) is 0 Å². The van der Waals surface area contributed by atoms with E-state index in [2.05, 4.69) is 176 Å². The Balaban J connectivity index is 1.05. The van der Waals surface area contributed by atoms with Crippen molar-refractivity contribution >= 4 is 65.4 Å². The molecule has 58 heavy (non-hydrogen) atoms. The van der Waals surface area contributed by atoms with E-state index < -0.39 is 0 Å². The average molecular weight is 744 g/mol. The molecule has 5 unspecified atom stereocenters. The topological polar surface area (TPSA) is 30.7 Å². The van der Waals surface area contributed by atoms with Crippen molar-refractivity contribution < 1.29 is 0 Å². The van der Waals surface area contributed by atoms with Crippen LogP contribution < -0.4 is 0 Å². The second kappa shape index (κ2) is 12.0. The minimum atomic E-state index is 0.0975. The molecule has 0 saturated carbocycles. The fourth-order valence-corrected chi connectivity index (χ4v) is 11.6. The fourth-order valence-electron chi connectivity index (χ4n) is 11.6. The van der Waals surface area contributed by atoms with Gasteiger partial charge in [0.15, 0.2) is 0 Å². The monoisotopic (exact) mass is 743 g/mol. The summed E-state index contributed by atoms with van der Waals surface area (Å²) in [7, 11) is 0. The van der Waals surface area contributed by atoms with Gasteiger partial charge in [0.25, 0.3) is 0 Å². The first-order chi connectivity index (χ1) is 28.6. The van der Waals surface area contributed by atoms with Gasteiger partial charge in [0.05, 0.1) is 22.4 Å². The summed E-state index contributed by atoms with van der Waals surface area (Å²) in [5, 5.41) is 20.4. The molecule has 0 spiro atoms. The van der Waals surface area contributed by atoms with Crippen LogP contribution in [0.3, 0.4) is 0 Å². The Labute approximate surface area is 337 Å². The number of aromatic nitrogens is 3. The first kappa shape index (κ1) is 32.5. The molecule has 3 nitrogen and oxygen atoms in total. The standard InChI is InChI=1S/C55H41N3/c1-31-14-3-6-17-36(31)53-42-21-10-11-22-43(42)54(57-56-53)37-27-26-35(28-32(37)2)58-47-30-34-16-5-4-15-33(34)29-46(47)52-51-45-25-13-24-39-38-18-7-8-19-40(38)49(48(39)45)50(51)41-20-9-12-23-44(41)55(52)58/h3-7,9-18,20-32,36-37,49H,8,19H2,1-2H3. The Hall–Kier alpha value is -6.58. The number of hydrogen-bond acceptors (Lipinski definition) is 2. The number of allylic oxidation sites excluding steroid dienone is 12. The van der Waals surface area contributed by atoms with Crippen molar-refractivity contribution in [1.29, 1.82) is 0 Å². The van der Waals surface area contributed by atoms with E-state index >= 15 is 0 Å². The number of rotatable bonds is 3. The summed E-state index contributed by atoms with van der Waals surface area (Å²) in [6.07, 6.45) is 23.1. The number of benzene rings is 6. The lowest BCUT2D eigenvalue weighted by molar-refractivity contribution is 0.595. The Bertz CT molecular complexity index is 3340. The highest BCUT2D eigenvalue weighted by molar-refractivity contribution is 6.29. The van der Waals surface area contributed by atoms with Gasteiger partial charge in [0.2, 0.25) is 0 Å². The molecule has 5 aliphatic carbocycles. The van der Waals surface area contributed by atoms with Gasteiger partial charge in [-0.2, -0.15) is 10.2 Å². The Morgan fingerprint density at radius 2 is 1.29 bits per heavy atom. The van der Waals surface area contributed by atoms with Crippen LogP contribution in [0.25, 0.3) is 76.5 Å². The van der Waals surface area contributed by atoms with E-state index in [1.807, 2.05) is 0 Å². The molecule has 0 saturated heterocycles. The summed E-state index contributed by atoms with van der Waals surface area (Å²) in [4.78, 5) is 0. The molecule has 5 atom stereocenters. The van der Waals surface area contributed by atoms with Crippen molar-refractivity contribution in [2.24, 2.45) is 11.8 Å². The lowest BCUT2D eigenvalue weighted by Crippen LogP contribution is -2.16. The molecule has 3 heteroatoms. The predicted octanol–water partition coefficient (Wildman–Crippen LogP) is 13.9. The Kier molecular flexibility index (Phi) is 6.71. The van der Waals surface area contributed by atoms with Crippen LogP contribution in [0.4, 0.5) is 0 Å². The second-order valence-electron chi connectivity index (χ2n) is 17.2. The van der Waals surface area contributed by atoms with E-state index in [0.717, 1.165) is 24.2 Å². The predicted molar refractivity (Wildman–Crippen MR) is 242 cm³/mol. The maximum absolute atomic E-state index is 5.06. The molecule has 8 aromatic rings. The van der Waals surface area contributed by atoms with Gasteiger partial charge in [-0.05, 0) is 92.4 Å². The van der Waals surface area contributed by atoms with E-state index in [1.54, 1.807) is 5.57 Å². The molecule has 2 aromatic heterocycles. The van der Waals surface area contributed by atoms with Gasteiger partial charge in [-0.1, -0.05) is 159 Å². The molecule has 276 valence electrons. The first-order valence-electron chi connectivity index (χ1n) is 21.1. The number of hydrogen-bond donors (Lipinski definition) is 0. The highest BCUT2D eigenvalue weighted by Gasteiger charge is 2.43. The maximum Gasteiger partial charge on any atom is 0.0783 e. The van der Waals surface area contributed by atoms with E-state index in [-0.39, 0.29) is 17.8 Å². The number of nitrogens with zero attached hydrogens (tertiary/aromatic N) is 3. The van der Waals surface area contributed by atoms with Crippen molar-refractivity contribution in [2.75, 3.05) is 0 Å². The number of fused-ring (bicyclic) bond motifs is 14. The average Bonchev–Trinajstić information content (AvgIpc) is 3.91. The third kappa shape index (κ3) is 4.29. The van der Waals surface area contributed by atoms with E-state index in [0.29, 0.717) is 11.8 Å². The Morgan fingerprint density at radius 3 is 2.07 bits per heavy atom. The van der Waals surface area contributed by atoms with Crippen LogP contribution in [-0.2, 0) is 0 Å². The summed E-state index contributed by atoms with van der Waals surface area (Å²) in [5.41, 5.74) is 16.2. The van der Waals surface area contributed by atoms with Gasteiger partial charge >= 0.3 is 0 Å². The molecule has 0 radical (unpaired) electrons. The molecule has 0 fully saturated rings. The van der Waals surface area contributed by atoms with Gasteiger partial charge in [-0.25, -0.2) is 0 Å². The van der Waals surface area contributed by atoms with Crippen LogP contribution in [0.1, 0.15) is 72.5 Å². The highest BCUT2D eigenvalue weighted by atomic mass is 15.1. The van der Waals surface area contributed by atoms with E-state index in [9.17, 15) is 0 Å². The van der Waals surface area contributed by atoms with Gasteiger partial charge < -0.3 is 4.57 Å². The van der Waals surface area contributed by atoms with Crippen molar-refractivity contribution in [2.45, 2.75) is 44.4 Å². The molecule has 0 N–H and O–H groups in total. The van der Waals surface area contributed by atoms with Crippen LogP contribution in [0.15, 0.2) is 163 Å². The van der Waals surface area contributed by atoms with Gasteiger partial charge in [0.1, 0.15) is 0 Å². The molecule has 5 aliphatic rings. The summed E-state index contributed by atoms with van der Waals surface area (Å²) in [5.74, 6) is 1.18. The largest absolute Gasteiger partial charge is 0.309 e. The summed E-state index contributed by atoms with van der Waals surface area (Å²) >= 11 is 0. The van der Waals surface area contributed by atoms with Gasteiger partial charge in [0, 0.05) is 50.4 Å². The lowest BCUT2D eigenvalue weighted by atomic mass is 9.82. The van der Waals surface area contributed by atoms with E-state index in [1.165, 1.54) is 93.2 Å². The SMILES string of the molecule is CC1C=CC=CC1c1nnc(C2C=CC(n3c4cc5ccccc5cc4c4c5c(c6ccccc6c43)C3C4=C(C=CCC4)c4cccc-5c43)=CC2C)c2ccccc12. The zero-order valence-corrected chi connectivity index (χ0v) is 32.7. The van der Waals surface area contributed by atoms with Crippen LogP contribution in [0.5, 0.6) is 0 Å². The zero-order valence-electron chi connectivity index (χ0n) is 32.7. The van der Waals surface area contributed by atoms with Crippen LogP contribution >= 0.6 is 0 Å². The third-order valence-corrected chi connectivity index (χ3v) is 14.1. The van der Waals surface area contributed by atoms with Gasteiger partial charge in [-0.3, -0.25) is 0 Å². The summed E-state index contributed by atoms with van der Waals surface area (Å²) in [6.45, 7) is 4.62. The first-order valence-corrected chi connectivity index (χ1v) is 21.1. The molecule has 0 bridgehead atoms. The second-order valence-corrected chi connectivity index (χ2v) is 17.2. The Morgan fingerprint density at radius 1 is 0.603 bits per heavy atom. The summed E-state index contributed by atoms with van der Waals surface area (Å²) in [6, 6.07) is 38.9.